The van der Waals surface area contributed by atoms with E-state index in [1.807, 2.05) is 0 Å². The highest BCUT2D eigenvalue weighted by atomic mass is 16.2. The summed E-state index contributed by atoms with van der Waals surface area (Å²) in [6.07, 6.45) is 0. The van der Waals surface area contributed by atoms with Crippen LogP contribution < -0.4 is 10.6 Å². The number of aryl methyl sites for hydroxylation is 1. The van der Waals surface area contributed by atoms with Crippen LogP contribution in [-0.4, -0.2) is 60.7 Å². The van der Waals surface area contributed by atoms with Crippen molar-refractivity contribution in [3.05, 3.63) is 29.3 Å². The normalized spacial score (nSPS) is 13.8. The molecular weight excluding hydrogens is 300 g/mol. The Morgan fingerprint density at radius 2 is 2.00 bits per heavy atom. The van der Waals surface area contributed by atoms with Crippen molar-refractivity contribution < 1.29 is 19.2 Å². The third kappa shape index (κ3) is 3.85. The summed E-state index contributed by atoms with van der Waals surface area (Å²) in [7, 11) is 3.33. The molecule has 1 fully saturated rings. The summed E-state index contributed by atoms with van der Waals surface area (Å²) in [5.41, 5.74) is 1.81. The van der Waals surface area contributed by atoms with Crippen molar-refractivity contribution in [2.45, 2.75) is 6.92 Å². The number of carbonyl (C=O) groups is 4. The maximum absolute atomic E-state index is 12.0. The van der Waals surface area contributed by atoms with Crippen LogP contribution in [0.2, 0.25) is 0 Å². The van der Waals surface area contributed by atoms with Crippen molar-refractivity contribution in [1.29, 1.82) is 0 Å². The predicted octanol–water partition coefficient (Wildman–Crippen LogP) is 0.187. The quantitative estimate of drug-likeness (QED) is 0.774. The maximum Gasteiger partial charge on any atom is 0.325 e. The molecule has 1 aliphatic heterocycles. The van der Waals surface area contributed by atoms with Crippen LogP contribution in [0.1, 0.15) is 15.9 Å². The summed E-state index contributed by atoms with van der Waals surface area (Å²) in [5.74, 6) is -0.959. The largest absolute Gasteiger partial charge is 0.345 e. The summed E-state index contributed by atoms with van der Waals surface area (Å²) < 4.78 is 0. The topological polar surface area (TPSA) is 98.8 Å². The Labute approximate surface area is 133 Å². The van der Waals surface area contributed by atoms with Gasteiger partial charge in [-0.15, -0.1) is 0 Å². The molecule has 2 N–H and O–H groups in total. The molecule has 0 spiro atoms. The predicted molar refractivity (Wildman–Crippen MR) is 82.9 cm³/mol. The first-order valence-corrected chi connectivity index (χ1v) is 6.99. The lowest BCUT2D eigenvalue weighted by Gasteiger charge is -2.15. The molecule has 23 heavy (non-hydrogen) atoms. The lowest BCUT2D eigenvalue weighted by molar-refractivity contribution is -0.119. The van der Waals surface area contributed by atoms with Crippen LogP contribution in [0.4, 0.5) is 10.5 Å². The smallest absolute Gasteiger partial charge is 0.325 e. The van der Waals surface area contributed by atoms with Crippen LogP contribution >= 0.6 is 0 Å². The van der Waals surface area contributed by atoms with Gasteiger partial charge in [0, 0.05) is 25.3 Å². The average molecular weight is 318 g/mol. The van der Waals surface area contributed by atoms with Crippen LogP contribution in [0.5, 0.6) is 0 Å². The van der Waals surface area contributed by atoms with Gasteiger partial charge < -0.3 is 15.1 Å². The molecule has 0 bridgehead atoms. The van der Waals surface area contributed by atoms with Gasteiger partial charge in [-0.3, -0.25) is 19.7 Å². The van der Waals surface area contributed by atoms with Crippen molar-refractivity contribution in [3.63, 3.8) is 0 Å². The molecule has 0 unspecified atom stereocenters. The van der Waals surface area contributed by atoms with Gasteiger partial charge in [-0.2, -0.15) is 0 Å². The van der Waals surface area contributed by atoms with E-state index in [1.54, 1.807) is 39.2 Å². The monoisotopic (exact) mass is 318 g/mol. The number of benzene rings is 1. The Bertz CT molecular complexity index is 684. The minimum atomic E-state index is -0.576. The number of hydrogen-bond acceptors (Lipinski definition) is 4. The van der Waals surface area contributed by atoms with Gasteiger partial charge in [-0.05, 0) is 30.7 Å². The highest BCUT2D eigenvalue weighted by Gasteiger charge is 2.28. The van der Waals surface area contributed by atoms with Crippen molar-refractivity contribution in [3.8, 4) is 0 Å². The second kappa shape index (κ2) is 6.47. The van der Waals surface area contributed by atoms with Gasteiger partial charge in [0.2, 0.25) is 11.8 Å². The van der Waals surface area contributed by atoms with Gasteiger partial charge in [-0.25, -0.2) is 4.79 Å². The number of nitrogens with zero attached hydrogens (tertiary/aromatic N) is 2. The molecule has 1 saturated heterocycles. The van der Waals surface area contributed by atoms with Gasteiger partial charge in [0.25, 0.3) is 5.91 Å². The minimum absolute atomic E-state index is 0.118. The molecule has 8 nitrogen and oxygen atoms in total. The van der Waals surface area contributed by atoms with Crippen LogP contribution in [0.3, 0.4) is 0 Å². The van der Waals surface area contributed by atoms with E-state index < -0.39 is 17.8 Å². The molecule has 1 aromatic carbocycles. The average Bonchev–Trinajstić information content (AvgIpc) is 2.76. The Morgan fingerprint density at radius 3 is 2.52 bits per heavy atom. The summed E-state index contributed by atoms with van der Waals surface area (Å²) >= 11 is 0. The van der Waals surface area contributed by atoms with E-state index in [-0.39, 0.29) is 19.0 Å². The number of carbonyl (C=O) groups excluding carboxylic acids is 4. The molecule has 0 atom stereocenters. The third-order valence-corrected chi connectivity index (χ3v) is 3.35. The molecule has 1 aromatic rings. The standard InChI is InChI=1S/C15H18N4O4/c1-9-6-10(4-5-11(9)14(22)18(2)3)16-12(20)7-19-8-13(21)17-15(19)23/h4-6H,7-8H2,1-3H3,(H,16,20)(H,17,21,23). The second-order valence-corrected chi connectivity index (χ2v) is 5.49. The number of hydrogen-bond donors (Lipinski definition) is 2. The summed E-state index contributed by atoms with van der Waals surface area (Å²) in [5, 5.41) is 4.75. The van der Waals surface area contributed by atoms with Crippen LogP contribution in [0.25, 0.3) is 0 Å². The molecule has 8 heteroatoms. The zero-order chi connectivity index (χ0) is 17.1. The number of anilines is 1. The fourth-order valence-corrected chi connectivity index (χ4v) is 2.21. The Kier molecular flexibility index (Phi) is 4.63. The van der Waals surface area contributed by atoms with E-state index in [0.29, 0.717) is 11.3 Å². The highest BCUT2D eigenvalue weighted by Crippen LogP contribution is 2.16. The molecule has 0 radical (unpaired) electrons. The lowest BCUT2D eigenvalue weighted by atomic mass is 10.1. The van der Waals surface area contributed by atoms with Gasteiger partial charge in [-0.1, -0.05) is 0 Å². The minimum Gasteiger partial charge on any atom is -0.345 e. The third-order valence-electron chi connectivity index (χ3n) is 3.35. The van der Waals surface area contributed by atoms with E-state index in [2.05, 4.69) is 10.6 Å². The van der Waals surface area contributed by atoms with Crippen molar-refractivity contribution in [1.82, 2.24) is 15.1 Å². The Morgan fingerprint density at radius 1 is 1.30 bits per heavy atom. The number of amides is 5. The lowest BCUT2D eigenvalue weighted by Crippen LogP contribution is -2.35. The van der Waals surface area contributed by atoms with E-state index in [0.717, 1.165) is 10.5 Å². The number of nitrogens with one attached hydrogen (secondary N) is 2. The molecule has 0 saturated carbocycles. The summed E-state index contributed by atoms with van der Waals surface area (Å²) in [6, 6.07) is 4.37. The molecule has 2 rings (SSSR count). The number of imide groups is 1. The van der Waals surface area contributed by atoms with Gasteiger partial charge in [0.05, 0.1) is 0 Å². The number of urea groups is 1. The van der Waals surface area contributed by atoms with E-state index >= 15 is 0 Å². The first-order valence-electron chi connectivity index (χ1n) is 6.99. The number of rotatable bonds is 4. The van der Waals surface area contributed by atoms with Crippen LogP contribution in [-0.2, 0) is 9.59 Å². The molecule has 0 aromatic heterocycles. The molecular formula is C15H18N4O4. The van der Waals surface area contributed by atoms with Gasteiger partial charge >= 0.3 is 6.03 Å². The maximum atomic E-state index is 12.0. The van der Waals surface area contributed by atoms with E-state index in [4.69, 9.17) is 0 Å². The Balaban J connectivity index is 2.02. The molecule has 122 valence electrons. The van der Waals surface area contributed by atoms with Crippen LogP contribution in [0, 0.1) is 6.92 Å². The molecule has 0 aliphatic carbocycles. The summed E-state index contributed by atoms with van der Waals surface area (Å²) in [4.78, 5) is 48.9. The first kappa shape index (κ1) is 16.5. The SMILES string of the molecule is Cc1cc(NC(=O)CN2CC(=O)NC2=O)ccc1C(=O)N(C)C. The zero-order valence-corrected chi connectivity index (χ0v) is 13.2. The second-order valence-electron chi connectivity index (χ2n) is 5.49. The first-order chi connectivity index (χ1) is 10.8. The van der Waals surface area contributed by atoms with E-state index in [9.17, 15) is 19.2 Å². The Hall–Kier alpha value is -2.90. The van der Waals surface area contributed by atoms with Crippen molar-refractivity contribution in [2.24, 2.45) is 0 Å². The molecule has 5 amide bonds. The van der Waals surface area contributed by atoms with Gasteiger partial charge in [0.1, 0.15) is 13.1 Å². The molecule has 1 heterocycles. The summed E-state index contributed by atoms with van der Waals surface area (Å²) in [6.45, 7) is 1.44. The highest BCUT2D eigenvalue weighted by molar-refractivity contribution is 6.04. The van der Waals surface area contributed by atoms with Crippen molar-refractivity contribution in [2.75, 3.05) is 32.5 Å². The van der Waals surface area contributed by atoms with Gasteiger partial charge in [0.15, 0.2) is 0 Å². The fourth-order valence-electron chi connectivity index (χ4n) is 2.21. The molecule has 1 aliphatic rings. The zero-order valence-electron chi connectivity index (χ0n) is 13.2. The fraction of sp³-hybridized carbons (Fsp3) is 0.333. The van der Waals surface area contributed by atoms with Crippen LogP contribution in [0.15, 0.2) is 18.2 Å². The van der Waals surface area contributed by atoms with Crippen molar-refractivity contribution >= 4 is 29.4 Å². The van der Waals surface area contributed by atoms with E-state index in [1.165, 1.54) is 4.90 Å².